The number of ether oxygens (including phenoxy) is 2. The van der Waals surface area contributed by atoms with Crippen LogP contribution < -0.4 is 11.5 Å². The number of imidazole rings is 1. The van der Waals surface area contributed by atoms with Gasteiger partial charge in [-0.15, -0.1) is 5.10 Å². The van der Waals surface area contributed by atoms with Gasteiger partial charge in [0.15, 0.2) is 23.9 Å². The number of nitrogen functional groups attached to an aromatic ring is 1. The monoisotopic (exact) mass is 511 g/mol. The molecule has 0 aromatic carbocycles. The van der Waals surface area contributed by atoms with Crippen molar-refractivity contribution >= 4 is 22.9 Å². The van der Waals surface area contributed by atoms with E-state index < -0.39 is 68.2 Å². The van der Waals surface area contributed by atoms with E-state index in [4.69, 9.17) is 31.2 Å². The minimum atomic E-state index is -1.27. The Morgan fingerprint density at radius 2 is 1.50 bits per heavy atom. The van der Waals surface area contributed by atoms with Crippen LogP contribution >= 0.6 is 0 Å². The number of hydrogen-bond donors (Lipinski definition) is 8. The Morgan fingerprint density at radius 1 is 0.889 bits per heavy atom. The number of anilines is 1. The predicted octanol–water partition coefficient (Wildman–Crippen LogP) is -4.99. The molecule has 2 aliphatic rings. The third-order valence-electron chi connectivity index (χ3n) is 5.69. The van der Waals surface area contributed by atoms with Crippen molar-refractivity contribution in [3.63, 3.8) is 0 Å². The number of aliphatic hydroxyl groups is 6. The topological polar surface area (TPSA) is 283 Å². The Bertz CT molecular complexity index is 1210. The lowest BCUT2D eigenvalue weighted by atomic mass is 10.1. The third kappa shape index (κ3) is 4.58. The highest BCUT2D eigenvalue weighted by Gasteiger charge is 2.45. The van der Waals surface area contributed by atoms with Gasteiger partial charge in [0.05, 0.1) is 19.5 Å². The first-order valence-corrected chi connectivity index (χ1v) is 10.6. The number of nitrogens with zero attached hydrogens (tertiary/aromatic N) is 7. The second-order valence-electron chi connectivity index (χ2n) is 7.95. The van der Waals surface area contributed by atoms with E-state index in [0.717, 1.165) is 11.0 Å². The fraction of sp³-hybridized carbons (Fsp3) is 0.556. The summed E-state index contributed by atoms with van der Waals surface area (Å²) in [6.07, 6.45) is -4.69. The van der Waals surface area contributed by atoms with Crippen molar-refractivity contribution in [2.45, 2.75) is 49.1 Å². The van der Waals surface area contributed by atoms with E-state index in [-0.39, 0.29) is 11.6 Å². The number of fused-ring (bicyclic) bond motifs is 1. The summed E-state index contributed by atoms with van der Waals surface area (Å²) in [6.45, 7) is -0.829. The van der Waals surface area contributed by atoms with Gasteiger partial charge in [-0.1, -0.05) is 0 Å². The fourth-order valence-corrected chi connectivity index (χ4v) is 3.78. The molecule has 196 valence electrons. The molecule has 18 nitrogen and oxygen atoms in total. The number of primary amides is 1. The number of aliphatic hydroxyl groups excluding tert-OH is 6. The summed E-state index contributed by atoms with van der Waals surface area (Å²) in [4.78, 5) is 26.3. The molecule has 2 aliphatic heterocycles. The minimum Gasteiger partial charge on any atom is -0.394 e. The first-order chi connectivity index (χ1) is 17.2. The predicted molar refractivity (Wildman–Crippen MR) is 114 cm³/mol. The molecule has 0 radical (unpaired) electrons. The Hall–Kier alpha value is -3.36. The molecule has 3 aromatic rings. The van der Waals surface area contributed by atoms with Crippen molar-refractivity contribution < 1.29 is 44.9 Å². The molecule has 3 aromatic heterocycles. The highest BCUT2D eigenvalue weighted by atomic mass is 16.6. The zero-order valence-corrected chi connectivity index (χ0v) is 18.5. The lowest BCUT2D eigenvalue weighted by Crippen LogP contribution is -2.33. The van der Waals surface area contributed by atoms with E-state index in [1.54, 1.807) is 0 Å². The number of aromatic nitrogens is 7. The Balaban J connectivity index is 0.000000170. The number of amides is 1. The molecule has 10 N–H and O–H groups in total. The molecule has 36 heavy (non-hydrogen) atoms. The van der Waals surface area contributed by atoms with Crippen LogP contribution in [-0.4, -0.2) is 121 Å². The first kappa shape index (κ1) is 25.7. The third-order valence-corrected chi connectivity index (χ3v) is 5.69. The smallest absolute Gasteiger partial charge is 0.288 e. The maximum absolute atomic E-state index is 10.8. The van der Waals surface area contributed by atoms with Crippen molar-refractivity contribution in [3.05, 3.63) is 24.8 Å². The van der Waals surface area contributed by atoms with E-state index in [1.807, 2.05) is 0 Å². The molecule has 18 heteroatoms. The number of hydrogen-bond acceptors (Lipinski definition) is 15. The standard InChI is InChI=1S/C10H13N5O4.C8H12N4O5/c11-8-5-9(13-2-12-8)15(3-14-5)10-7(18)6(17)4(1-16)19-10;9-6(16)7-10-2-12(11-7)8-5(15)4(14)3(1-13)17-8/h2-4,6-7,10,16-18H,1H2,(H2,11,12,13);2-5,8,13-15H,1H2,(H2,9,16)/t4-,6-,7+,10-;3-,4-,5-,8-/m11/s1. The van der Waals surface area contributed by atoms with E-state index in [0.29, 0.717) is 11.2 Å². The molecule has 2 saturated heterocycles. The average molecular weight is 511 g/mol. The summed E-state index contributed by atoms with van der Waals surface area (Å²) in [5.74, 6) is -0.811. The van der Waals surface area contributed by atoms with Gasteiger partial charge in [-0.25, -0.2) is 24.6 Å². The molecule has 0 bridgehead atoms. The molecular weight excluding hydrogens is 486 g/mol. The quantitative estimate of drug-likeness (QED) is 0.159. The van der Waals surface area contributed by atoms with Crippen LogP contribution in [0, 0.1) is 0 Å². The Morgan fingerprint density at radius 3 is 2.06 bits per heavy atom. The molecule has 8 atom stereocenters. The fourth-order valence-electron chi connectivity index (χ4n) is 3.78. The van der Waals surface area contributed by atoms with Crippen LogP contribution in [0.25, 0.3) is 11.2 Å². The van der Waals surface area contributed by atoms with Crippen LogP contribution in [0.4, 0.5) is 5.82 Å². The minimum absolute atomic E-state index is 0.218. The zero-order valence-electron chi connectivity index (χ0n) is 18.5. The van der Waals surface area contributed by atoms with Crippen molar-refractivity contribution in [1.29, 1.82) is 0 Å². The van der Waals surface area contributed by atoms with Gasteiger partial charge in [-0.05, 0) is 0 Å². The molecule has 0 unspecified atom stereocenters. The van der Waals surface area contributed by atoms with Crippen LogP contribution in [0.15, 0.2) is 19.0 Å². The molecular formula is C18H25N9O9. The highest BCUT2D eigenvalue weighted by Crippen LogP contribution is 2.31. The SMILES string of the molecule is NC(=O)c1ncn([C@@H]2O[C@H](CO)[C@@H](O)[C@H]2O)n1.Nc1ncnc2c1ncn2[C@@H]1O[C@H](CO)[C@@H](O)[C@@H]1O. The van der Waals surface area contributed by atoms with Crippen LogP contribution in [0.1, 0.15) is 23.1 Å². The largest absolute Gasteiger partial charge is 0.394 e. The van der Waals surface area contributed by atoms with E-state index in [9.17, 15) is 25.2 Å². The van der Waals surface area contributed by atoms with Crippen LogP contribution in [-0.2, 0) is 9.47 Å². The van der Waals surface area contributed by atoms with E-state index in [1.165, 1.54) is 17.2 Å². The van der Waals surface area contributed by atoms with E-state index in [2.05, 4.69) is 25.0 Å². The van der Waals surface area contributed by atoms with Gasteiger partial charge in [-0.3, -0.25) is 9.36 Å². The number of carbonyl (C=O) groups excluding carboxylic acids is 1. The van der Waals surface area contributed by atoms with E-state index >= 15 is 0 Å². The summed E-state index contributed by atoms with van der Waals surface area (Å²) in [6, 6.07) is 0. The maximum Gasteiger partial charge on any atom is 0.288 e. The summed E-state index contributed by atoms with van der Waals surface area (Å²) < 4.78 is 13.1. The van der Waals surface area contributed by atoms with Gasteiger partial charge < -0.3 is 51.6 Å². The maximum atomic E-state index is 10.8. The first-order valence-electron chi connectivity index (χ1n) is 10.6. The number of nitrogens with two attached hydrogens (primary N) is 2. The Kier molecular flexibility index (Phi) is 7.38. The average Bonchev–Trinajstić information content (AvgIpc) is 3.63. The molecule has 5 rings (SSSR count). The highest BCUT2D eigenvalue weighted by molar-refractivity contribution is 5.88. The molecule has 0 spiro atoms. The van der Waals surface area contributed by atoms with Crippen molar-refractivity contribution in [1.82, 2.24) is 34.3 Å². The van der Waals surface area contributed by atoms with Crippen molar-refractivity contribution in [3.8, 4) is 0 Å². The lowest BCUT2D eigenvalue weighted by molar-refractivity contribution is -0.0588. The molecule has 5 heterocycles. The zero-order chi connectivity index (χ0) is 26.1. The summed E-state index contributed by atoms with van der Waals surface area (Å²) >= 11 is 0. The van der Waals surface area contributed by atoms with Crippen molar-refractivity contribution in [2.24, 2.45) is 5.73 Å². The number of rotatable bonds is 5. The second-order valence-corrected chi connectivity index (χ2v) is 7.95. The van der Waals surface area contributed by atoms with Crippen LogP contribution in [0.3, 0.4) is 0 Å². The Labute approximate surface area is 201 Å². The molecule has 1 amide bonds. The lowest BCUT2D eigenvalue weighted by Gasteiger charge is -2.16. The van der Waals surface area contributed by atoms with Gasteiger partial charge in [0.25, 0.3) is 5.91 Å². The summed E-state index contributed by atoms with van der Waals surface area (Å²) in [5, 5.41) is 60.5. The van der Waals surface area contributed by atoms with Crippen LogP contribution in [0.2, 0.25) is 0 Å². The summed E-state index contributed by atoms with van der Waals surface area (Å²) in [5.41, 5.74) is 11.4. The second kappa shape index (κ2) is 10.3. The molecule has 0 saturated carbocycles. The van der Waals surface area contributed by atoms with Gasteiger partial charge in [0.2, 0.25) is 5.82 Å². The van der Waals surface area contributed by atoms with Crippen LogP contribution in [0.5, 0.6) is 0 Å². The summed E-state index contributed by atoms with van der Waals surface area (Å²) in [7, 11) is 0. The molecule has 0 aliphatic carbocycles. The van der Waals surface area contributed by atoms with Gasteiger partial charge in [0, 0.05) is 0 Å². The van der Waals surface area contributed by atoms with Gasteiger partial charge in [0.1, 0.15) is 54.8 Å². The van der Waals surface area contributed by atoms with Gasteiger partial charge >= 0.3 is 0 Å². The van der Waals surface area contributed by atoms with Crippen molar-refractivity contribution in [2.75, 3.05) is 18.9 Å². The normalized spacial score (nSPS) is 31.9. The number of carbonyl (C=O) groups is 1. The molecule has 2 fully saturated rings. The van der Waals surface area contributed by atoms with Gasteiger partial charge in [-0.2, -0.15) is 0 Å².